The lowest BCUT2D eigenvalue weighted by molar-refractivity contribution is -0.116. The minimum atomic E-state index is -0.473. The van der Waals surface area contributed by atoms with Gasteiger partial charge in [0.1, 0.15) is 0 Å². The van der Waals surface area contributed by atoms with Gasteiger partial charge in [-0.2, -0.15) is 0 Å². The first-order valence-electron chi connectivity index (χ1n) is 8.80. The van der Waals surface area contributed by atoms with Gasteiger partial charge in [-0.15, -0.1) is 0 Å². The number of hydrogen-bond acceptors (Lipinski definition) is 5. The maximum Gasteiger partial charge on any atom is 0.419 e. The summed E-state index contributed by atoms with van der Waals surface area (Å²) in [6.07, 6.45) is 0.490. The van der Waals surface area contributed by atoms with E-state index in [4.69, 9.17) is 4.42 Å². The van der Waals surface area contributed by atoms with Crippen LogP contribution in [0.1, 0.15) is 33.6 Å². The Balaban J connectivity index is 1.35. The van der Waals surface area contributed by atoms with Crippen molar-refractivity contribution in [3.05, 3.63) is 64.1 Å². The summed E-state index contributed by atoms with van der Waals surface area (Å²) >= 11 is 0. The number of aryl methyl sites for hydroxylation is 1. The number of aromatic nitrogens is 1. The minimum Gasteiger partial charge on any atom is -0.408 e. The molecule has 4 rings (SSSR count). The summed E-state index contributed by atoms with van der Waals surface area (Å²) in [7, 11) is 1.60. The molecule has 1 N–H and O–H groups in total. The third-order valence-electron chi connectivity index (χ3n) is 4.74. The summed E-state index contributed by atoms with van der Waals surface area (Å²) in [5.41, 5.74) is 2.32. The van der Waals surface area contributed by atoms with Crippen LogP contribution in [-0.4, -0.2) is 33.7 Å². The summed E-state index contributed by atoms with van der Waals surface area (Å²) in [5, 5.41) is 2.73. The van der Waals surface area contributed by atoms with Crippen molar-refractivity contribution in [1.29, 1.82) is 0 Å². The predicted molar refractivity (Wildman–Crippen MR) is 101 cm³/mol. The molecule has 0 fully saturated rings. The molecular formula is C20H17N3O5. The summed E-state index contributed by atoms with van der Waals surface area (Å²) in [6.45, 7) is 0.173. The highest BCUT2D eigenvalue weighted by atomic mass is 16.4. The monoisotopic (exact) mass is 379 g/mol. The van der Waals surface area contributed by atoms with E-state index < -0.39 is 5.76 Å². The Hall–Kier alpha value is -3.68. The zero-order chi connectivity index (χ0) is 19.8. The Labute approximate surface area is 159 Å². The molecule has 2 aromatic carbocycles. The molecule has 28 heavy (non-hydrogen) atoms. The molecule has 3 amide bonds. The number of fused-ring (bicyclic) bond motifs is 2. The second kappa shape index (κ2) is 6.80. The van der Waals surface area contributed by atoms with E-state index in [0.29, 0.717) is 34.3 Å². The Bertz CT molecular complexity index is 1140. The number of hydrogen-bond donors (Lipinski definition) is 1. The Kier molecular flexibility index (Phi) is 4.31. The van der Waals surface area contributed by atoms with Gasteiger partial charge in [0.2, 0.25) is 5.91 Å². The van der Waals surface area contributed by atoms with Crippen LogP contribution in [0.4, 0.5) is 5.69 Å². The van der Waals surface area contributed by atoms with Crippen molar-refractivity contribution in [1.82, 2.24) is 9.47 Å². The average molecular weight is 379 g/mol. The van der Waals surface area contributed by atoms with Crippen molar-refractivity contribution in [2.24, 2.45) is 7.05 Å². The van der Waals surface area contributed by atoms with Crippen molar-refractivity contribution < 1.29 is 18.8 Å². The van der Waals surface area contributed by atoms with Gasteiger partial charge in [0.15, 0.2) is 5.58 Å². The summed E-state index contributed by atoms with van der Waals surface area (Å²) in [5.74, 6) is -1.38. The van der Waals surface area contributed by atoms with Crippen LogP contribution in [0, 0.1) is 0 Å². The van der Waals surface area contributed by atoms with Gasteiger partial charge in [-0.3, -0.25) is 23.9 Å². The molecule has 0 saturated heterocycles. The smallest absolute Gasteiger partial charge is 0.408 e. The van der Waals surface area contributed by atoms with Gasteiger partial charge in [-0.05, 0) is 30.7 Å². The number of nitrogens with one attached hydrogen (secondary N) is 1. The topological polar surface area (TPSA) is 102 Å². The molecule has 1 aliphatic rings. The number of rotatable bonds is 5. The van der Waals surface area contributed by atoms with Gasteiger partial charge in [0, 0.05) is 31.8 Å². The molecular weight excluding hydrogens is 362 g/mol. The van der Waals surface area contributed by atoms with Crippen molar-refractivity contribution >= 4 is 34.5 Å². The van der Waals surface area contributed by atoms with Crippen molar-refractivity contribution in [2.75, 3.05) is 11.9 Å². The average Bonchev–Trinajstić information content (AvgIpc) is 3.10. The number of benzene rings is 2. The Morgan fingerprint density at radius 1 is 1.04 bits per heavy atom. The molecule has 8 nitrogen and oxygen atoms in total. The second-order valence-corrected chi connectivity index (χ2v) is 6.57. The predicted octanol–water partition coefficient (Wildman–Crippen LogP) is 2.15. The van der Waals surface area contributed by atoms with E-state index in [1.807, 2.05) is 0 Å². The molecule has 1 aliphatic heterocycles. The van der Waals surface area contributed by atoms with Gasteiger partial charge in [0.25, 0.3) is 11.8 Å². The molecule has 8 heteroatoms. The lowest BCUT2D eigenvalue weighted by atomic mass is 10.1. The van der Waals surface area contributed by atoms with Crippen LogP contribution in [0.3, 0.4) is 0 Å². The standard InChI is InChI=1S/C20H17N3O5/c1-22-15-9-8-12(11-16(15)28-20(22)27)21-17(24)7-4-10-23-18(25)13-5-2-3-6-14(13)19(23)26/h2-3,5-6,8-9,11H,4,7,10H2,1H3,(H,21,24). The van der Waals surface area contributed by atoms with Crippen LogP contribution in [0.2, 0.25) is 0 Å². The number of amides is 3. The molecule has 0 atom stereocenters. The summed E-state index contributed by atoms with van der Waals surface area (Å²) < 4.78 is 6.48. The fourth-order valence-electron chi connectivity index (χ4n) is 3.28. The lowest BCUT2D eigenvalue weighted by Crippen LogP contribution is -2.31. The van der Waals surface area contributed by atoms with Crippen molar-refractivity contribution in [2.45, 2.75) is 12.8 Å². The van der Waals surface area contributed by atoms with Gasteiger partial charge < -0.3 is 9.73 Å². The largest absolute Gasteiger partial charge is 0.419 e. The van der Waals surface area contributed by atoms with Crippen molar-refractivity contribution in [3.63, 3.8) is 0 Å². The van der Waals surface area contributed by atoms with Gasteiger partial charge in [0.05, 0.1) is 16.6 Å². The second-order valence-electron chi connectivity index (χ2n) is 6.57. The van der Waals surface area contributed by atoms with Crippen molar-refractivity contribution in [3.8, 4) is 0 Å². The lowest BCUT2D eigenvalue weighted by Gasteiger charge is -2.13. The fraction of sp³-hybridized carbons (Fsp3) is 0.200. The molecule has 3 aromatic rings. The number of carbonyl (C=O) groups is 3. The van der Waals surface area contributed by atoms with Crippen LogP contribution in [0.25, 0.3) is 11.1 Å². The molecule has 2 heterocycles. The van der Waals surface area contributed by atoms with Crippen LogP contribution in [-0.2, 0) is 11.8 Å². The van der Waals surface area contributed by atoms with E-state index >= 15 is 0 Å². The number of imide groups is 1. The van der Waals surface area contributed by atoms with Crippen LogP contribution in [0.5, 0.6) is 0 Å². The SMILES string of the molecule is Cn1c(=O)oc2cc(NC(=O)CCCN3C(=O)c4ccccc4C3=O)ccc21. The first kappa shape index (κ1) is 17.7. The third-order valence-corrected chi connectivity index (χ3v) is 4.74. The normalized spacial score (nSPS) is 13.2. The number of carbonyl (C=O) groups excluding carboxylic acids is 3. The summed E-state index contributed by atoms with van der Waals surface area (Å²) in [4.78, 5) is 49.5. The quantitative estimate of drug-likeness (QED) is 0.685. The van der Waals surface area contributed by atoms with E-state index in [0.717, 1.165) is 0 Å². The molecule has 0 saturated carbocycles. The van der Waals surface area contributed by atoms with Crippen LogP contribution in [0.15, 0.2) is 51.7 Å². The fourth-order valence-corrected chi connectivity index (χ4v) is 3.28. The van der Waals surface area contributed by atoms with Gasteiger partial charge >= 0.3 is 5.76 Å². The zero-order valence-corrected chi connectivity index (χ0v) is 15.1. The van der Waals surface area contributed by atoms with E-state index in [9.17, 15) is 19.2 Å². The highest BCUT2D eigenvalue weighted by molar-refractivity contribution is 6.21. The highest BCUT2D eigenvalue weighted by Gasteiger charge is 2.34. The van der Waals surface area contributed by atoms with E-state index in [1.54, 1.807) is 49.5 Å². The zero-order valence-electron chi connectivity index (χ0n) is 15.1. The molecule has 0 spiro atoms. The Morgan fingerprint density at radius 2 is 1.71 bits per heavy atom. The minimum absolute atomic E-state index is 0.143. The maximum absolute atomic E-state index is 12.3. The van der Waals surface area contributed by atoms with E-state index in [1.165, 1.54) is 9.47 Å². The van der Waals surface area contributed by atoms with Gasteiger partial charge in [-0.1, -0.05) is 12.1 Å². The molecule has 1 aromatic heterocycles. The first-order chi connectivity index (χ1) is 13.5. The molecule has 142 valence electrons. The van der Waals surface area contributed by atoms with Crippen LogP contribution < -0.4 is 11.1 Å². The number of oxazole rings is 1. The summed E-state index contributed by atoms with van der Waals surface area (Å²) in [6, 6.07) is 11.6. The molecule has 0 bridgehead atoms. The molecule has 0 aliphatic carbocycles. The number of anilines is 1. The van der Waals surface area contributed by atoms with Crippen LogP contribution >= 0.6 is 0 Å². The Morgan fingerprint density at radius 3 is 2.39 bits per heavy atom. The number of nitrogens with zero attached hydrogens (tertiary/aromatic N) is 2. The highest BCUT2D eigenvalue weighted by Crippen LogP contribution is 2.23. The van der Waals surface area contributed by atoms with Gasteiger partial charge in [-0.25, -0.2) is 4.79 Å². The van der Waals surface area contributed by atoms with E-state index in [-0.39, 0.29) is 30.7 Å². The van der Waals surface area contributed by atoms with E-state index in [2.05, 4.69) is 5.32 Å². The maximum atomic E-state index is 12.3. The molecule has 0 radical (unpaired) electrons. The molecule has 0 unspecified atom stereocenters. The first-order valence-corrected chi connectivity index (χ1v) is 8.80. The third kappa shape index (κ3) is 2.98.